The number of carbonyl (C=O) groups is 1. The monoisotopic (exact) mass is 237 g/mol. The lowest BCUT2D eigenvalue weighted by Crippen LogP contribution is -2.19. The number of nitrogens with one attached hydrogen (secondary N) is 1. The molecule has 0 unspecified atom stereocenters. The van der Waals surface area contributed by atoms with Crippen LogP contribution in [0.4, 0.5) is 0 Å². The third kappa shape index (κ3) is 5.38. The fourth-order valence-electron chi connectivity index (χ4n) is 1.37. The lowest BCUT2D eigenvalue weighted by atomic mass is 10.1. The molecule has 3 nitrogen and oxygen atoms in total. The zero-order chi connectivity index (χ0) is 13.3. The summed E-state index contributed by atoms with van der Waals surface area (Å²) in [6.07, 6.45) is 0.983. The molecule has 0 bridgehead atoms. The maximum Gasteiger partial charge on any atom is 0.217 e. The Labute approximate surface area is 104 Å². The van der Waals surface area contributed by atoms with E-state index in [1.165, 1.54) is 12.5 Å². The Balaban J connectivity index is 0.00000121. The van der Waals surface area contributed by atoms with Crippen LogP contribution in [0, 0.1) is 0 Å². The normalized spacial score (nSPS) is 9.00. The molecular weight excluding hydrogens is 214 g/mol. The van der Waals surface area contributed by atoms with Crippen LogP contribution in [-0.4, -0.2) is 13.0 Å². The molecule has 0 spiro atoms. The second kappa shape index (κ2) is 8.62. The van der Waals surface area contributed by atoms with Gasteiger partial charge in [0.2, 0.25) is 5.91 Å². The number of aryl methyl sites for hydroxylation is 1. The summed E-state index contributed by atoms with van der Waals surface area (Å²) < 4.78 is 5.27. The van der Waals surface area contributed by atoms with Crippen molar-refractivity contribution in [2.75, 3.05) is 7.11 Å². The first kappa shape index (κ1) is 15.5. The summed E-state index contributed by atoms with van der Waals surface area (Å²) in [7, 11) is 1.64. The highest BCUT2D eigenvalue weighted by Crippen LogP contribution is 2.20. The highest BCUT2D eigenvalue weighted by molar-refractivity contribution is 5.72. The van der Waals surface area contributed by atoms with Gasteiger partial charge in [-0.1, -0.05) is 32.9 Å². The topological polar surface area (TPSA) is 38.3 Å². The second-order valence-electron chi connectivity index (χ2n) is 3.41. The van der Waals surface area contributed by atoms with Crippen molar-refractivity contribution in [3.8, 4) is 5.75 Å². The summed E-state index contributed by atoms with van der Waals surface area (Å²) in [4.78, 5) is 10.8. The predicted molar refractivity (Wildman–Crippen MR) is 71.2 cm³/mol. The van der Waals surface area contributed by atoms with E-state index in [-0.39, 0.29) is 5.91 Å². The number of carbonyl (C=O) groups excluding carboxylic acids is 1. The van der Waals surface area contributed by atoms with Crippen LogP contribution in [0.1, 0.15) is 38.8 Å². The van der Waals surface area contributed by atoms with Crippen LogP contribution in [0.15, 0.2) is 18.2 Å². The number of hydrogen-bond acceptors (Lipinski definition) is 2. The summed E-state index contributed by atoms with van der Waals surface area (Å²) in [6.45, 7) is 8.12. The zero-order valence-electron chi connectivity index (χ0n) is 11.5. The van der Waals surface area contributed by atoms with Crippen molar-refractivity contribution in [2.45, 2.75) is 40.7 Å². The average Bonchev–Trinajstić information content (AvgIpc) is 2.38. The summed E-state index contributed by atoms with van der Waals surface area (Å²) >= 11 is 0. The van der Waals surface area contributed by atoms with E-state index < -0.39 is 0 Å². The number of rotatable bonds is 4. The van der Waals surface area contributed by atoms with Gasteiger partial charge in [0.25, 0.3) is 0 Å². The molecule has 1 rings (SSSR count). The van der Waals surface area contributed by atoms with Crippen LogP contribution in [0.2, 0.25) is 0 Å². The van der Waals surface area contributed by atoms with Gasteiger partial charge in [-0.15, -0.1) is 0 Å². The molecule has 0 aliphatic carbocycles. The lowest BCUT2D eigenvalue weighted by molar-refractivity contribution is -0.119. The van der Waals surface area contributed by atoms with Crippen LogP contribution in [0.5, 0.6) is 5.75 Å². The van der Waals surface area contributed by atoms with E-state index in [2.05, 4.69) is 18.3 Å². The molecule has 0 radical (unpaired) electrons. The van der Waals surface area contributed by atoms with Crippen molar-refractivity contribution in [1.29, 1.82) is 0 Å². The molecule has 0 aliphatic rings. The maximum atomic E-state index is 10.8. The summed E-state index contributed by atoms with van der Waals surface area (Å²) in [5, 5.41) is 2.76. The quantitative estimate of drug-likeness (QED) is 0.874. The first-order chi connectivity index (χ1) is 8.17. The Morgan fingerprint density at radius 1 is 1.35 bits per heavy atom. The van der Waals surface area contributed by atoms with Gasteiger partial charge in [0.05, 0.1) is 7.11 Å². The van der Waals surface area contributed by atoms with Gasteiger partial charge in [0.15, 0.2) is 0 Å². The smallest absolute Gasteiger partial charge is 0.217 e. The predicted octanol–water partition coefficient (Wildman–Crippen LogP) is 2.92. The molecule has 17 heavy (non-hydrogen) atoms. The molecule has 0 atom stereocenters. The largest absolute Gasteiger partial charge is 0.496 e. The van der Waals surface area contributed by atoms with Crippen LogP contribution in [0.3, 0.4) is 0 Å². The van der Waals surface area contributed by atoms with Gasteiger partial charge in [-0.3, -0.25) is 4.79 Å². The maximum absolute atomic E-state index is 10.8. The highest BCUT2D eigenvalue weighted by atomic mass is 16.5. The van der Waals surface area contributed by atoms with Gasteiger partial charge in [-0.2, -0.15) is 0 Å². The molecule has 1 amide bonds. The highest BCUT2D eigenvalue weighted by Gasteiger charge is 2.04. The minimum Gasteiger partial charge on any atom is -0.496 e. The summed E-state index contributed by atoms with van der Waals surface area (Å²) in [6, 6.07) is 6.06. The van der Waals surface area contributed by atoms with E-state index in [1.807, 2.05) is 26.0 Å². The lowest BCUT2D eigenvalue weighted by Gasteiger charge is -2.10. The van der Waals surface area contributed by atoms with Crippen LogP contribution in [0.25, 0.3) is 0 Å². The number of ether oxygens (including phenoxy) is 1. The van der Waals surface area contributed by atoms with Crippen LogP contribution >= 0.6 is 0 Å². The fraction of sp³-hybridized carbons (Fsp3) is 0.500. The van der Waals surface area contributed by atoms with Crippen LogP contribution in [-0.2, 0) is 17.8 Å². The van der Waals surface area contributed by atoms with E-state index in [1.54, 1.807) is 7.11 Å². The van der Waals surface area contributed by atoms with Crippen molar-refractivity contribution in [1.82, 2.24) is 5.32 Å². The Bertz CT molecular complexity index is 348. The number of methoxy groups -OCH3 is 1. The molecule has 1 aromatic carbocycles. The minimum atomic E-state index is -0.0309. The molecule has 0 saturated carbocycles. The van der Waals surface area contributed by atoms with Gasteiger partial charge in [0.1, 0.15) is 5.75 Å². The average molecular weight is 237 g/mol. The van der Waals surface area contributed by atoms with Crippen LogP contribution < -0.4 is 10.1 Å². The van der Waals surface area contributed by atoms with Gasteiger partial charge >= 0.3 is 0 Å². The summed E-state index contributed by atoms with van der Waals surface area (Å²) in [5.74, 6) is 0.805. The third-order valence-electron chi connectivity index (χ3n) is 2.29. The molecule has 0 aliphatic heterocycles. The Morgan fingerprint density at radius 3 is 2.47 bits per heavy atom. The number of hydrogen-bond donors (Lipinski definition) is 1. The molecule has 0 heterocycles. The second-order valence-corrected chi connectivity index (χ2v) is 3.41. The van der Waals surface area contributed by atoms with Crippen molar-refractivity contribution < 1.29 is 9.53 Å². The Hall–Kier alpha value is -1.51. The van der Waals surface area contributed by atoms with Gasteiger partial charge in [-0.05, 0) is 18.1 Å². The van der Waals surface area contributed by atoms with E-state index in [9.17, 15) is 4.79 Å². The van der Waals surface area contributed by atoms with Gasteiger partial charge in [0, 0.05) is 19.0 Å². The molecule has 96 valence electrons. The molecule has 0 saturated heterocycles. The molecule has 3 heteroatoms. The van der Waals surface area contributed by atoms with Crippen molar-refractivity contribution in [3.63, 3.8) is 0 Å². The van der Waals surface area contributed by atoms with E-state index >= 15 is 0 Å². The van der Waals surface area contributed by atoms with Crippen molar-refractivity contribution in [2.24, 2.45) is 0 Å². The standard InChI is InChI=1S/C12H17NO2.C2H6/c1-4-10-5-6-11(8-13-9(2)14)12(7-10)15-3;1-2/h5-7H,4,8H2,1-3H3,(H,13,14);1-2H3. The minimum absolute atomic E-state index is 0.0309. The molecule has 0 fully saturated rings. The van der Waals surface area contributed by atoms with Crippen molar-refractivity contribution >= 4 is 5.91 Å². The SMILES string of the molecule is CC.CCc1ccc(CNC(C)=O)c(OC)c1. The Morgan fingerprint density at radius 2 is 2.00 bits per heavy atom. The number of amides is 1. The Kier molecular flexibility index (Phi) is 7.85. The summed E-state index contributed by atoms with van der Waals surface area (Å²) in [5.41, 5.74) is 2.24. The molecular formula is C14H23NO2. The van der Waals surface area contributed by atoms with Gasteiger partial charge < -0.3 is 10.1 Å². The van der Waals surface area contributed by atoms with Gasteiger partial charge in [-0.25, -0.2) is 0 Å². The number of benzene rings is 1. The van der Waals surface area contributed by atoms with E-state index in [4.69, 9.17) is 4.74 Å². The molecule has 1 N–H and O–H groups in total. The third-order valence-corrected chi connectivity index (χ3v) is 2.29. The first-order valence-electron chi connectivity index (χ1n) is 6.07. The van der Waals surface area contributed by atoms with E-state index in [0.29, 0.717) is 6.54 Å². The fourth-order valence-corrected chi connectivity index (χ4v) is 1.37. The zero-order valence-corrected chi connectivity index (χ0v) is 11.5. The van der Waals surface area contributed by atoms with Crippen molar-refractivity contribution in [3.05, 3.63) is 29.3 Å². The molecule has 0 aromatic heterocycles. The van der Waals surface area contributed by atoms with E-state index in [0.717, 1.165) is 17.7 Å². The molecule has 1 aromatic rings. The first-order valence-corrected chi connectivity index (χ1v) is 6.07.